The molecule has 0 aliphatic heterocycles. The first-order chi connectivity index (χ1) is 13.1. The van der Waals surface area contributed by atoms with Gasteiger partial charge in [-0.3, -0.25) is 9.78 Å². The second kappa shape index (κ2) is 8.85. The van der Waals surface area contributed by atoms with Crippen LogP contribution in [0, 0.1) is 0 Å². The predicted molar refractivity (Wildman–Crippen MR) is 105 cm³/mol. The number of carbonyl (C=O) groups is 1. The van der Waals surface area contributed by atoms with Gasteiger partial charge in [-0.05, 0) is 62.4 Å². The Bertz CT molecular complexity index is 878. The third-order valence-corrected chi connectivity index (χ3v) is 3.69. The zero-order valence-electron chi connectivity index (χ0n) is 15.4. The lowest BCUT2D eigenvalue weighted by atomic mass is 10.2. The Morgan fingerprint density at radius 2 is 1.81 bits per heavy atom. The van der Waals surface area contributed by atoms with Gasteiger partial charge in [0.05, 0.1) is 11.8 Å². The number of hydrogen-bond donors (Lipinski definition) is 1. The standard InChI is InChI=1S/C22H22N2O3/c1-16(2)27-20-11-9-17(10-12-20)22(25)24-18-7-5-8-21(14-18)26-15-19-6-3-4-13-23-19/h3-14,16H,15H2,1-2H3,(H,24,25). The van der Waals surface area contributed by atoms with Crippen LogP contribution in [0.2, 0.25) is 0 Å². The Morgan fingerprint density at radius 3 is 2.52 bits per heavy atom. The van der Waals surface area contributed by atoms with Crippen molar-refractivity contribution in [3.63, 3.8) is 0 Å². The fraction of sp³-hybridized carbons (Fsp3) is 0.182. The van der Waals surface area contributed by atoms with Gasteiger partial charge in [-0.15, -0.1) is 0 Å². The van der Waals surface area contributed by atoms with E-state index in [-0.39, 0.29) is 12.0 Å². The molecule has 0 saturated heterocycles. The van der Waals surface area contributed by atoms with E-state index in [2.05, 4.69) is 10.3 Å². The molecule has 1 amide bonds. The van der Waals surface area contributed by atoms with Crippen molar-refractivity contribution in [2.24, 2.45) is 0 Å². The summed E-state index contributed by atoms with van der Waals surface area (Å²) in [5.41, 5.74) is 2.07. The van der Waals surface area contributed by atoms with Crippen LogP contribution >= 0.6 is 0 Å². The van der Waals surface area contributed by atoms with E-state index in [0.29, 0.717) is 23.6 Å². The van der Waals surface area contributed by atoms with E-state index in [1.165, 1.54) is 0 Å². The largest absolute Gasteiger partial charge is 0.491 e. The minimum atomic E-state index is -0.187. The lowest BCUT2D eigenvalue weighted by Gasteiger charge is -2.11. The van der Waals surface area contributed by atoms with E-state index in [1.807, 2.05) is 50.2 Å². The first-order valence-electron chi connectivity index (χ1n) is 8.81. The van der Waals surface area contributed by atoms with Crippen LogP contribution in [-0.2, 0) is 6.61 Å². The molecule has 1 aromatic heterocycles. The van der Waals surface area contributed by atoms with Gasteiger partial charge in [-0.1, -0.05) is 12.1 Å². The van der Waals surface area contributed by atoms with E-state index >= 15 is 0 Å². The first-order valence-corrected chi connectivity index (χ1v) is 8.81. The summed E-state index contributed by atoms with van der Waals surface area (Å²) < 4.78 is 11.3. The fourth-order valence-electron chi connectivity index (χ4n) is 2.46. The smallest absolute Gasteiger partial charge is 0.255 e. The van der Waals surface area contributed by atoms with Crippen molar-refractivity contribution in [1.29, 1.82) is 0 Å². The quantitative estimate of drug-likeness (QED) is 0.662. The van der Waals surface area contributed by atoms with E-state index < -0.39 is 0 Å². The normalized spacial score (nSPS) is 10.5. The number of nitrogens with zero attached hydrogens (tertiary/aromatic N) is 1. The van der Waals surface area contributed by atoms with E-state index in [0.717, 1.165) is 11.4 Å². The second-order valence-corrected chi connectivity index (χ2v) is 6.28. The predicted octanol–water partition coefficient (Wildman–Crippen LogP) is 4.70. The minimum Gasteiger partial charge on any atom is -0.491 e. The number of nitrogens with one attached hydrogen (secondary N) is 1. The zero-order valence-corrected chi connectivity index (χ0v) is 15.4. The van der Waals surface area contributed by atoms with E-state index in [1.54, 1.807) is 36.5 Å². The van der Waals surface area contributed by atoms with Gasteiger partial charge in [0.2, 0.25) is 0 Å². The summed E-state index contributed by atoms with van der Waals surface area (Å²) >= 11 is 0. The molecule has 0 aliphatic carbocycles. The van der Waals surface area contributed by atoms with Gasteiger partial charge in [0.15, 0.2) is 0 Å². The molecule has 0 fully saturated rings. The number of aromatic nitrogens is 1. The highest BCUT2D eigenvalue weighted by molar-refractivity contribution is 6.04. The maximum absolute atomic E-state index is 12.4. The van der Waals surface area contributed by atoms with Gasteiger partial charge >= 0.3 is 0 Å². The van der Waals surface area contributed by atoms with Crippen molar-refractivity contribution in [2.75, 3.05) is 5.32 Å². The van der Waals surface area contributed by atoms with E-state index in [4.69, 9.17) is 9.47 Å². The van der Waals surface area contributed by atoms with Gasteiger partial charge in [0.1, 0.15) is 18.1 Å². The summed E-state index contributed by atoms with van der Waals surface area (Å²) in [6.45, 7) is 4.29. The highest BCUT2D eigenvalue weighted by atomic mass is 16.5. The third kappa shape index (κ3) is 5.57. The van der Waals surface area contributed by atoms with Crippen LogP contribution in [0.15, 0.2) is 72.9 Å². The molecule has 2 aromatic carbocycles. The average molecular weight is 362 g/mol. The van der Waals surface area contributed by atoms with Crippen LogP contribution in [-0.4, -0.2) is 17.0 Å². The molecular weight excluding hydrogens is 340 g/mol. The van der Waals surface area contributed by atoms with Crippen LogP contribution in [0.1, 0.15) is 29.9 Å². The van der Waals surface area contributed by atoms with Crippen LogP contribution in [0.4, 0.5) is 5.69 Å². The lowest BCUT2D eigenvalue weighted by molar-refractivity contribution is 0.102. The SMILES string of the molecule is CC(C)Oc1ccc(C(=O)Nc2cccc(OCc3ccccn3)c2)cc1. The number of benzene rings is 2. The van der Waals surface area contributed by atoms with Crippen molar-refractivity contribution in [1.82, 2.24) is 4.98 Å². The fourth-order valence-corrected chi connectivity index (χ4v) is 2.46. The molecule has 0 unspecified atom stereocenters. The highest BCUT2D eigenvalue weighted by Gasteiger charge is 2.08. The number of hydrogen-bond acceptors (Lipinski definition) is 4. The minimum absolute atomic E-state index is 0.0958. The monoisotopic (exact) mass is 362 g/mol. The van der Waals surface area contributed by atoms with E-state index in [9.17, 15) is 4.79 Å². The Kier molecular flexibility index (Phi) is 6.05. The molecule has 3 rings (SSSR count). The van der Waals surface area contributed by atoms with Crippen molar-refractivity contribution >= 4 is 11.6 Å². The van der Waals surface area contributed by atoms with Crippen molar-refractivity contribution < 1.29 is 14.3 Å². The molecule has 5 nitrogen and oxygen atoms in total. The highest BCUT2D eigenvalue weighted by Crippen LogP contribution is 2.20. The van der Waals surface area contributed by atoms with Crippen LogP contribution in [0.3, 0.4) is 0 Å². The summed E-state index contributed by atoms with van der Waals surface area (Å²) in [5, 5.41) is 2.88. The number of amides is 1. The Labute approximate surface area is 159 Å². The van der Waals surface area contributed by atoms with Gasteiger partial charge in [0.25, 0.3) is 5.91 Å². The van der Waals surface area contributed by atoms with Gasteiger partial charge in [0, 0.05) is 23.5 Å². The molecule has 0 saturated carbocycles. The maximum Gasteiger partial charge on any atom is 0.255 e. The molecule has 3 aromatic rings. The van der Waals surface area contributed by atoms with Gasteiger partial charge < -0.3 is 14.8 Å². The third-order valence-electron chi connectivity index (χ3n) is 3.69. The molecule has 138 valence electrons. The molecule has 5 heteroatoms. The van der Waals surface area contributed by atoms with Crippen molar-refractivity contribution in [3.05, 3.63) is 84.2 Å². The molecule has 1 heterocycles. The topological polar surface area (TPSA) is 60.5 Å². The van der Waals surface area contributed by atoms with Crippen LogP contribution in [0.5, 0.6) is 11.5 Å². The molecular formula is C22H22N2O3. The lowest BCUT2D eigenvalue weighted by Crippen LogP contribution is -2.12. The summed E-state index contributed by atoms with van der Waals surface area (Å²) in [7, 11) is 0. The second-order valence-electron chi connectivity index (χ2n) is 6.28. The van der Waals surface area contributed by atoms with Gasteiger partial charge in [-0.2, -0.15) is 0 Å². The number of ether oxygens (including phenoxy) is 2. The summed E-state index contributed by atoms with van der Waals surface area (Å²) in [4.78, 5) is 16.7. The Balaban J connectivity index is 1.60. The molecule has 0 radical (unpaired) electrons. The van der Waals surface area contributed by atoms with Crippen LogP contribution < -0.4 is 14.8 Å². The number of pyridine rings is 1. The summed E-state index contributed by atoms with van der Waals surface area (Å²) in [6.07, 6.45) is 1.82. The number of rotatable bonds is 7. The van der Waals surface area contributed by atoms with Crippen molar-refractivity contribution in [2.45, 2.75) is 26.6 Å². The average Bonchev–Trinajstić information content (AvgIpc) is 2.67. The molecule has 1 N–H and O–H groups in total. The molecule has 0 bridgehead atoms. The maximum atomic E-state index is 12.4. The van der Waals surface area contributed by atoms with Crippen LogP contribution in [0.25, 0.3) is 0 Å². The van der Waals surface area contributed by atoms with Crippen molar-refractivity contribution in [3.8, 4) is 11.5 Å². The Hall–Kier alpha value is -3.34. The molecule has 0 aliphatic rings. The number of anilines is 1. The Morgan fingerprint density at radius 1 is 1.00 bits per heavy atom. The molecule has 27 heavy (non-hydrogen) atoms. The summed E-state index contributed by atoms with van der Waals surface area (Å²) in [5.74, 6) is 1.22. The first kappa shape index (κ1) is 18.5. The van der Waals surface area contributed by atoms with Gasteiger partial charge in [-0.25, -0.2) is 0 Å². The molecule has 0 spiro atoms. The molecule has 0 atom stereocenters. The summed E-state index contributed by atoms with van der Waals surface area (Å²) in [6, 6.07) is 20.0. The zero-order chi connectivity index (χ0) is 19.1. The number of carbonyl (C=O) groups excluding carboxylic acids is 1.